The maximum Gasteiger partial charge on any atom is 0.422 e. The molecule has 0 aromatic carbocycles. The highest BCUT2D eigenvalue weighted by atomic mass is 32.2. The number of hydrogen-bond donors (Lipinski definition) is 1. The number of carbonyl (C=O) groups is 2. The number of nitrogens with zero attached hydrogens (tertiary/aromatic N) is 1. The largest absolute Gasteiger partial charge is 0.468 e. The summed E-state index contributed by atoms with van der Waals surface area (Å²) in [5.41, 5.74) is 0. The van der Waals surface area contributed by atoms with Crippen LogP contribution in [-0.2, 0) is 24.5 Å². The summed E-state index contributed by atoms with van der Waals surface area (Å²) in [6.07, 6.45) is -1.54. The van der Waals surface area contributed by atoms with Crippen LogP contribution in [0, 0.1) is 0 Å². The predicted molar refractivity (Wildman–Crippen MR) is 62.9 cm³/mol. The molecule has 106 valence electrons. The molecular formula is C9H18N2O6S. The van der Waals surface area contributed by atoms with Gasteiger partial charge in [-0.3, -0.25) is 4.79 Å². The number of rotatable bonds is 6. The Kier molecular flexibility index (Phi) is 6.63. The van der Waals surface area contributed by atoms with E-state index in [0.29, 0.717) is 0 Å². The van der Waals surface area contributed by atoms with Crippen molar-refractivity contribution in [3.63, 3.8) is 0 Å². The molecule has 0 bridgehead atoms. The molecule has 18 heavy (non-hydrogen) atoms. The molecule has 8 nitrogen and oxygen atoms in total. The Balaban J connectivity index is 4.67. The maximum atomic E-state index is 11.7. The van der Waals surface area contributed by atoms with E-state index in [4.69, 9.17) is 0 Å². The Labute approximate surface area is 106 Å². The van der Waals surface area contributed by atoms with Crippen LogP contribution < -0.4 is 4.72 Å². The topological polar surface area (TPSA) is 102 Å². The predicted octanol–water partition coefficient (Wildman–Crippen LogP) is -0.139. The minimum Gasteiger partial charge on any atom is -0.468 e. The first-order valence-corrected chi connectivity index (χ1v) is 6.72. The Morgan fingerprint density at radius 3 is 2.28 bits per heavy atom. The van der Waals surface area contributed by atoms with Crippen molar-refractivity contribution in [3.05, 3.63) is 0 Å². The smallest absolute Gasteiger partial charge is 0.422 e. The van der Waals surface area contributed by atoms with E-state index in [1.807, 2.05) is 0 Å². The molecule has 0 saturated heterocycles. The van der Waals surface area contributed by atoms with Gasteiger partial charge >= 0.3 is 22.3 Å². The molecule has 0 unspecified atom stereocenters. The molecule has 0 aliphatic heterocycles. The van der Waals surface area contributed by atoms with Crippen LogP contribution >= 0.6 is 0 Å². The van der Waals surface area contributed by atoms with Gasteiger partial charge in [0.1, 0.15) is 6.54 Å². The van der Waals surface area contributed by atoms with E-state index < -0.39 is 34.9 Å². The zero-order valence-electron chi connectivity index (χ0n) is 10.8. The first kappa shape index (κ1) is 16.6. The van der Waals surface area contributed by atoms with E-state index >= 15 is 0 Å². The summed E-state index contributed by atoms with van der Waals surface area (Å²) in [5, 5.41) is 0. The number of likely N-dealkylation sites (N-methyl/N-ethyl adjacent to an activating group) is 1. The minimum atomic E-state index is -4.11. The number of carbonyl (C=O) groups excluding carboxylic acids is 2. The fraction of sp³-hybridized carbons (Fsp3) is 0.778. The molecule has 0 rings (SSSR count). The lowest BCUT2D eigenvalue weighted by Gasteiger charge is -2.19. The van der Waals surface area contributed by atoms with E-state index in [0.717, 1.165) is 11.4 Å². The second-order valence-corrected chi connectivity index (χ2v) is 5.23. The molecule has 0 fully saturated rings. The fourth-order valence-electron chi connectivity index (χ4n) is 0.983. The van der Waals surface area contributed by atoms with Crippen molar-refractivity contribution in [2.45, 2.75) is 26.9 Å². The van der Waals surface area contributed by atoms with Gasteiger partial charge in [0.15, 0.2) is 0 Å². The zero-order valence-corrected chi connectivity index (χ0v) is 11.6. The minimum absolute atomic E-state index is 0.0133. The number of hydrogen-bond acceptors (Lipinski definition) is 6. The van der Waals surface area contributed by atoms with E-state index in [1.54, 1.807) is 18.6 Å². The zero-order chi connectivity index (χ0) is 14.3. The van der Waals surface area contributed by atoms with Crippen LogP contribution in [0.1, 0.15) is 20.8 Å². The average Bonchev–Trinajstić information content (AvgIpc) is 2.22. The van der Waals surface area contributed by atoms with E-state index in [-0.39, 0.29) is 6.54 Å². The Bertz CT molecular complexity index is 392. The highest BCUT2D eigenvalue weighted by Crippen LogP contribution is 2.00. The summed E-state index contributed by atoms with van der Waals surface area (Å²) in [6, 6.07) is 0. The molecule has 0 atom stereocenters. The standard InChI is InChI=1S/C9H18N2O6S/c1-5-11(6-8(12)16-4)18(14,15)10-9(13)17-7(2)3/h7H,5-6H2,1-4H3,(H,10,13). The lowest BCUT2D eigenvalue weighted by Crippen LogP contribution is -2.46. The first-order valence-electron chi connectivity index (χ1n) is 5.28. The fourth-order valence-corrected chi connectivity index (χ4v) is 1.99. The van der Waals surface area contributed by atoms with Gasteiger partial charge in [0, 0.05) is 6.54 Å². The number of ether oxygens (including phenoxy) is 2. The van der Waals surface area contributed by atoms with E-state index in [2.05, 4.69) is 9.47 Å². The highest BCUT2D eigenvalue weighted by molar-refractivity contribution is 7.87. The lowest BCUT2D eigenvalue weighted by atomic mass is 10.5. The first-order chi connectivity index (χ1) is 8.22. The van der Waals surface area contributed by atoms with Crippen molar-refractivity contribution in [3.8, 4) is 0 Å². The molecule has 0 radical (unpaired) electrons. The van der Waals surface area contributed by atoms with Crippen LogP contribution in [0.15, 0.2) is 0 Å². The second kappa shape index (κ2) is 7.17. The molecule has 0 heterocycles. The van der Waals surface area contributed by atoms with Gasteiger partial charge in [-0.25, -0.2) is 9.52 Å². The van der Waals surface area contributed by atoms with Crippen molar-refractivity contribution in [2.75, 3.05) is 20.2 Å². The third kappa shape index (κ3) is 5.82. The SMILES string of the molecule is CCN(CC(=O)OC)S(=O)(=O)NC(=O)OC(C)C. The summed E-state index contributed by atoms with van der Waals surface area (Å²) in [6.45, 7) is 4.23. The van der Waals surface area contributed by atoms with Gasteiger partial charge in [0.25, 0.3) is 0 Å². The van der Waals surface area contributed by atoms with Crippen molar-refractivity contribution in [1.29, 1.82) is 0 Å². The molecule has 1 amide bonds. The number of methoxy groups -OCH3 is 1. The highest BCUT2D eigenvalue weighted by Gasteiger charge is 2.26. The normalized spacial score (nSPS) is 11.4. The Hall–Kier alpha value is -1.35. The van der Waals surface area contributed by atoms with Crippen molar-refractivity contribution >= 4 is 22.3 Å². The number of amides is 1. The molecule has 0 aliphatic rings. The van der Waals surface area contributed by atoms with E-state index in [9.17, 15) is 18.0 Å². The van der Waals surface area contributed by atoms with Crippen molar-refractivity contribution in [2.24, 2.45) is 0 Å². The molecule has 1 N–H and O–H groups in total. The third-order valence-corrected chi connectivity index (χ3v) is 3.27. The van der Waals surface area contributed by atoms with Crippen LogP contribution in [0.4, 0.5) is 4.79 Å². The van der Waals surface area contributed by atoms with Crippen molar-refractivity contribution in [1.82, 2.24) is 9.03 Å². The number of nitrogens with one attached hydrogen (secondary N) is 1. The van der Waals surface area contributed by atoms with Gasteiger partial charge in [-0.05, 0) is 13.8 Å². The Morgan fingerprint density at radius 1 is 1.33 bits per heavy atom. The van der Waals surface area contributed by atoms with Crippen LogP contribution in [0.2, 0.25) is 0 Å². The van der Waals surface area contributed by atoms with Gasteiger partial charge in [0.05, 0.1) is 13.2 Å². The summed E-state index contributed by atoms with van der Waals surface area (Å²) in [4.78, 5) is 22.2. The van der Waals surface area contributed by atoms with Crippen molar-refractivity contribution < 1.29 is 27.5 Å². The average molecular weight is 282 g/mol. The molecule has 0 aliphatic carbocycles. The van der Waals surface area contributed by atoms with Gasteiger partial charge in [0.2, 0.25) is 0 Å². The van der Waals surface area contributed by atoms with Crippen LogP contribution in [-0.4, -0.2) is 51.1 Å². The van der Waals surface area contributed by atoms with Gasteiger partial charge < -0.3 is 9.47 Å². The summed E-state index contributed by atoms with van der Waals surface area (Å²) in [7, 11) is -2.97. The molecule has 0 aromatic rings. The third-order valence-electron chi connectivity index (χ3n) is 1.78. The number of esters is 1. The second-order valence-electron chi connectivity index (χ2n) is 3.56. The summed E-state index contributed by atoms with van der Waals surface area (Å²) >= 11 is 0. The quantitative estimate of drug-likeness (QED) is 0.680. The molecular weight excluding hydrogens is 264 g/mol. The van der Waals surface area contributed by atoms with Crippen LogP contribution in [0.5, 0.6) is 0 Å². The molecule has 0 saturated carbocycles. The van der Waals surface area contributed by atoms with Gasteiger partial charge in [-0.2, -0.15) is 12.7 Å². The summed E-state index contributed by atoms with van der Waals surface area (Å²) < 4.78 is 34.9. The molecule has 0 aromatic heterocycles. The van der Waals surface area contributed by atoms with Gasteiger partial charge in [-0.15, -0.1) is 0 Å². The van der Waals surface area contributed by atoms with E-state index in [1.165, 1.54) is 6.92 Å². The maximum absolute atomic E-state index is 11.7. The van der Waals surface area contributed by atoms with Gasteiger partial charge in [-0.1, -0.05) is 6.92 Å². The monoisotopic (exact) mass is 282 g/mol. The molecule has 0 spiro atoms. The Morgan fingerprint density at radius 2 is 1.89 bits per heavy atom. The van der Waals surface area contributed by atoms with Crippen LogP contribution in [0.3, 0.4) is 0 Å². The van der Waals surface area contributed by atoms with Crippen LogP contribution in [0.25, 0.3) is 0 Å². The molecule has 9 heteroatoms. The summed E-state index contributed by atoms with van der Waals surface area (Å²) in [5.74, 6) is -0.723. The lowest BCUT2D eigenvalue weighted by molar-refractivity contribution is -0.140.